The molecule has 1 unspecified atom stereocenters. The van der Waals surface area contributed by atoms with Crippen molar-refractivity contribution >= 4 is 22.8 Å². The standard InChI is InChI=1S/C20H23N5O2/c1-2-25-18-15(13-21-25)12-17-23-19(18)27-11-7-6-10-16(22-20(26)24-17)14-8-4-3-5-9-14/h3-5,8-9,12-13,16H,2,6-7,10-11H2,1H3,(H2,22,23,24,26). The lowest BCUT2D eigenvalue weighted by Gasteiger charge is -2.21. The van der Waals surface area contributed by atoms with Gasteiger partial charge in [-0.05, 0) is 37.8 Å². The smallest absolute Gasteiger partial charge is 0.320 e. The molecule has 1 aliphatic rings. The number of pyridine rings is 1. The molecule has 7 nitrogen and oxygen atoms in total. The van der Waals surface area contributed by atoms with Crippen molar-refractivity contribution in [1.82, 2.24) is 20.1 Å². The SMILES string of the molecule is CCn1ncc2cc3nc(c21)OCCCCC(c1ccccc1)NC(=O)N3. The van der Waals surface area contributed by atoms with E-state index in [9.17, 15) is 4.79 Å². The van der Waals surface area contributed by atoms with Gasteiger partial charge in [0.1, 0.15) is 11.3 Å². The fraction of sp³-hybridized carbons (Fsp3) is 0.350. The predicted octanol–water partition coefficient (Wildman–Crippen LogP) is 3.88. The van der Waals surface area contributed by atoms with Crippen LogP contribution in [0.2, 0.25) is 0 Å². The molecule has 3 aromatic rings. The molecule has 3 heterocycles. The van der Waals surface area contributed by atoms with Gasteiger partial charge < -0.3 is 10.1 Å². The number of aromatic nitrogens is 3. The molecular formula is C20H23N5O2. The minimum absolute atomic E-state index is 0.0448. The second-order valence-corrected chi connectivity index (χ2v) is 6.62. The third-order valence-corrected chi connectivity index (χ3v) is 4.76. The van der Waals surface area contributed by atoms with Gasteiger partial charge in [-0.2, -0.15) is 10.1 Å². The Morgan fingerprint density at radius 1 is 1.26 bits per heavy atom. The van der Waals surface area contributed by atoms with E-state index < -0.39 is 0 Å². The Kier molecular flexibility index (Phi) is 4.91. The number of amides is 2. The summed E-state index contributed by atoms with van der Waals surface area (Å²) in [7, 11) is 0. The van der Waals surface area contributed by atoms with Gasteiger partial charge in [0.25, 0.3) is 0 Å². The van der Waals surface area contributed by atoms with Crippen LogP contribution in [-0.2, 0) is 6.54 Å². The van der Waals surface area contributed by atoms with Gasteiger partial charge >= 0.3 is 6.03 Å². The Bertz CT molecular complexity index is 938. The summed E-state index contributed by atoms with van der Waals surface area (Å²) < 4.78 is 7.83. The van der Waals surface area contributed by atoms with Crippen molar-refractivity contribution in [2.24, 2.45) is 0 Å². The predicted molar refractivity (Wildman–Crippen MR) is 104 cm³/mol. The number of fused-ring (bicyclic) bond motifs is 4. The lowest BCUT2D eigenvalue weighted by atomic mass is 10.0. The van der Waals surface area contributed by atoms with E-state index in [1.807, 2.05) is 48.0 Å². The Balaban J connectivity index is 1.65. The van der Waals surface area contributed by atoms with Crippen LogP contribution in [-0.4, -0.2) is 27.4 Å². The fourth-order valence-electron chi connectivity index (χ4n) is 3.42. The van der Waals surface area contributed by atoms with E-state index in [-0.39, 0.29) is 12.1 Å². The highest BCUT2D eigenvalue weighted by molar-refractivity contribution is 5.92. The molecule has 0 aliphatic carbocycles. The lowest BCUT2D eigenvalue weighted by molar-refractivity contribution is 0.246. The van der Waals surface area contributed by atoms with E-state index in [0.29, 0.717) is 18.3 Å². The summed E-state index contributed by atoms with van der Waals surface area (Å²) in [5.41, 5.74) is 1.96. The molecule has 1 aromatic carbocycles. The Labute approximate surface area is 157 Å². The zero-order valence-electron chi connectivity index (χ0n) is 15.3. The van der Waals surface area contributed by atoms with Crippen LogP contribution in [0.25, 0.3) is 10.9 Å². The molecule has 2 aromatic heterocycles. The van der Waals surface area contributed by atoms with E-state index in [1.165, 1.54) is 0 Å². The monoisotopic (exact) mass is 365 g/mol. The Morgan fingerprint density at radius 3 is 2.93 bits per heavy atom. The molecule has 2 bridgehead atoms. The van der Waals surface area contributed by atoms with Crippen molar-refractivity contribution in [2.45, 2.75) is 38.8 Å². The first-order valence-electron chi connectivity index (χ1n) is 9.36. The average Bonchev–Trinajstić information content (AvgIpc) is 3.09. The fourth-order valence-corrected chi connectivity index (χ4v) is 3.42. The summed E-state index contributed by atoms with van der Waals surface area (Å²) in [5.74, 6) is 0.973. The third kappa shape index (κ3) is 3.72. The largest absolute Gasteiger partial charge is 0.476 e. The number of carbonyl (C=O) groups is 1. The second kappa shape index (κ2) is 7.65. The molecule has 0 saturated heterocycles. The molecule has 4 rings (SSSR count). The summed E-state index contributed by atoms with van der Waals surface area (Å²) >= 11 is 0. The molecule has 27 heavy (non-hydrogen) atoms. The van der Waals surface area contributed by atoms with E-state index in [2.05, 4.69) is 20.7 Å². The Hall–Kier alpha value is -3.09. The number of hydrogen-bond acceptors (Lipinski definition) is 4. The number of hydrogen-bond donors (Lipinski definition) is 2. The van der Waals surface area contributed by atoms with Gasteiger partial charge in [0.05, 0.1) is 18.8 Å². The highest BCUT2D eigenvalue weighted by Crippen LogP contribution is 2.28. The number of aryl methyl sites for hydroxylation is 1. The van der Waals surface area contributed by atoms with Crippen molar-refractivity contribution in [1.29, 1.82) is 0 Å². The summed E-state index contributed by atoms with van der Waals surface area (Å²) in [4.78, 5) is 17.1. The lowest BCUT2D eigenvalue weighted by Crippen LogP contribution is -2.33. The molecule has 0 saturated carbocycles. The number of benzene rings is 1. The molecule has 1 atom stereocenters. The van der Waals surface area contributed by atoms with Crippen molar-refractivity contribution in [3.8, 4) is 5.88 Å². The van der Waals surface area contributed by atoms with Gasteiger partial charge in [-0.1, -0.05) is 30.3 Å². The first kappa shape index (κ1) is 17.3. The molecule has 0 fully saturated rings. The Morgan fingerprint density at radius 2 is 2.11 bits per heavy atom. The van der Waals surface area contributed by atoms with Crippen LogP contribution >= 0.6 is 0 Å². The van der Waals surface area contributed by atoms with Crippen LogP contribution in [0, 0.1) is 0 Å². The molecule has 2 N–H and O–H groups in total. The molecule has 0 spiro atoms. The van der Waals surface area contributed by atoms with E-state index in [0.717, 1.165) is 42.3 Å². The van der Waals surface area contributed by atoms with Crippen LogP contribution in [0.4, 0.5) is 10.6 Å². The van der Waals surface area contributed by atoms with Gasteiger partial charge in [-0.15, -0.1) is 0 Å². The molecule has 0 radical (unpaired) electrons. The molecule has 140 valence electrons. The van der Waals surface area contributed by atoms with Crippen molar-refractivity contribution in [2.75, 3.05) is 11.9 Å². The number of carbonyl (C=O) groups excluding carboxylic acids is 1. The number of urea groups is 1. The second-order valence-electron chi connectivity index (χ2n) is 6.62. The molecule has 1 aliphatic heterocycles. The van der Waals surface area contributed by atoms with Crippen molar-refractivity contribution < 1.29 is 9.53 Å². The number of nitrogens with one attached hydrogen (secondary N) is 2. The van der Waals surface area contributed by atoms with Crippen LogP contribution in [0.3, 0.4) is 0 Å². The topological polar surface area (TPSA) is 81.1 Å². The van der Waals surface area contributed by atoms with Gasteiger partial charge in [-0.25, -0.2) is 4.79 Å². The summed E-state index contributed by atoms with van der Waals surface area (Å²) in [5, 5.41) is 11.2. The van der Waals surface area contributed by atoms with Crippen LogP contribution in [0.15, 0.2) is 42.6 Å². The minimum Gasteiger partial charge on any atom is -0.476 e. The number of ether oxygens (including phenoxy) is 1. The summed E-state index contributed by atoms with van der Waals surface area (Å²) in [6.45, 7) is 3.33. The van der Waals surface area contributed by atoms with Gasteiger partial charge in [-0.3, -0.25) is 10.00 Å². The van der Waals surface area contributed by atoms with Crippen molar-refractivity contribution in [3.05, 3.63) is 48.2 Å². The molecular weight excluding hydrogens is 342 g/mol. The maximum Gasteiger partial charge on any atom is 0.320 e. The number of nitrogens with zero attached hydrogens (tertiary/aromatic N) is 3. The van der Waals surface area contributed by atoms with E-state index >= 15 is 0 Å². The quantitative estimate of drug-likeness (QED) is 0.722. The summed E-state index contributed by atoms with van der Waals surface area (Å²) in [6.07, 6.45) is 4.45. The third-order valence-electron chi connectivity index (χ3n) is 4.76. The highest BCUT2D eigenvalue weighted by Gasteiger charge is 2.18. The number of anilines is 1. The van der Waals surface area contributed by atoms with Gasteiger partial charge in [0.2, 0.25) is 5.88 Å². The van der Waals surface area contributed by atoms with Gasteiger partial charge in [0.15, 0.2) is 0 Å². The van der Waals surface area contributed by atoms with Crippen molar-refractivity contribution in [3.63, 3.8) is 0 Å². The van der Waals surface area contributed by atoms with Crippen LogP contribution < -0.4 is 15.4 Å². The summed E-state index contributed by atoms with van der Waals surface area (Å²) in [6, 6.07) is 11.5. The normalized spacial score (nSPS) is 18.0. The first-order chi connectivity index (χ1) is 13.2. The van der Waals surface area contributed by atoms with Crippen LogP contribution in [0.5, 0.6) is 5.88 Å². The van der Waals surface area contributed by atoms with E-state index in [4.69, 9.17) is 4.74 Å². The maximum absolute atomic E-state index is 12.6. The van der Waals surface area contributed by atoms with E-state index in [1.54, 1.807) is 6.20 Å². The zero-order valence-corrected chi connectivity index (χ0v) is 15.3. The molecule has 7 heteroatoms. The first-order valence-corrected chi connectivity index (χ1v) is 9.36. The highest BCUT2D eigenvalue weighted by atomic mass is 16.5. The number of rotatable bonds is 2. The van der Waals surface area contributed by atoms with Crippen LogP contribution in [0.1, 0.15) is 37.8 Å². The minimum atomic E-state index is -0.273. The zero-order chi connectivity index (χ0) is 18.6. The maximum atomic E-state index is 12.6. The molecule has 2 amide bonds. The average molecular weight is 365 g/mol. The van der Waals surface area contributed by atoms with Gasteiger partial charge in [0, 0.05) is 11.9 Å².